The zero-order valence-corrected chi connectivity index (χ0v) is 10.7. The molecule has 1 fully saturated rings. The number of amides is 1. The third kappa shape index (κ3) is 3.08. The fourth-order valence-corrected chi connectivity index (χ4v) is 2.23. The molecule has 1 N–H and O–H groups in total. The summed E-state index contributed by atoms with van der Waals surface area (Å²) in [5.41, 5.74) is 0.508. The molecule has 1 aromatic rings. The maximum Gasteiger partial charge on any atom is 0.274 e. The Hall–Kier alpha value is -1.40. The summed E-state index contributed by atoms with van der Waals surface area (Å²) < 4.78 is 1.64. The van der Waals surface area contributed by atoms with E-state index in [0.717, 1.165) is 26.1 Å². The molecule has 1 aromatic heterocycles. The molecule has 1 amide bonds. The van der Waals surface area contributed by atoms with E-state index in [9.17, 15) is 4.79 Å². The lowest BCUT2D eigenvalue weighted by Crippen LogP contribution is -2.36. The molecule has 6 heteroatoms. The summed E-state index contributed by atoms with van der Waals surface area (Å²) in [6.07, 6.45) is 2.72. The molecular weight excluding hydrogens is 232 g/mol. The highest BCUT2D eigenvalue weighted by Crippen LogP contribution is 2.07. The Balaban J connectivity index is 1.95. The molecule has 2 heterocycles. The normalized spacial score (nSPS) is 17.8. The third-order valence-electron chi connectivity index (χ3n) is 3.22. The van der Waals surface area contributed by atoms with Gasteiger partial charge in [-0.2, -0.15) is 5.10 Å². The molecule has 0 unspecified atom stereocenters. The summed E-state index contributed by atoms with van der Waals surface area (Å²) in [6, 6.07) is 1.75. The maximum atomic E-state index is 12.2. The zero-order chi connectivity index (χ0) is 13.0. The van der Waals surface area contributed by atoms with Crippen molar-refractivity contribution in [2.75, 3.05) is 39.3 Å². The maximum absolute atomic E-state index is 12.2. The van der Waals surface area contributed by atoms with Gasteiger partial charge in [-0.05, 0) is 19.0 Å². The molecule has 1 saturated heterocycles. The van der Waals surface area contributed by atoms with Crippen LogP contribution in [0.2, 0.25) is 0 Å². The van der Waals surface area contributed by atoms with Crippen LogP contribution < -0.4 is 0 Å². The number of aryl methyl sites for hydroxylation is 1. The van der Waals surface area contributed by atoms with E-state index < -0.39 is 0 Å². The number of rotatable bonds is 3. The first-order chi connectivity index (χ1) is 8.70. The summed E-state index contributed by atoms with van der Waals surface area (Å²) >= 11 is 0. The molecule has 0 aromatic carbocycles. The smallest absolute Gasteiger partial charge is 0.274 e. The first-order valence-corrected chi connectivity index (χ1v) is 6.33. The second kappa shape index (κ2) is 5.97. The van der Waals surface area contributed by atoms with Gasteiger partial charge in [0, 0.05) is 39.4 Å². The molecule has 2 rings (SSSR count). The molecule has 100 valence electrons. The van der Waals surface area contributed by atoms with Crippen molar-refractivity contribution in [3.05, 3.63) is 18.0 Å². The van der Waals surface area contributed by atoms with Crippen molar-refractivity contribution in [2.24, 2.45) is 7.05 Å². The van der Waals surface area contributed by atoms with E-state index >= 15 is 0 Å². The van der Waals surface area contributed by atoms with Gasteiger partial charge < -0.3 is 10.0 Å². The lowest BCUT2D eigenvalue weighted by Gasteiger charge is -2.20. The van der Waals surface area contributed by atoms with Gasteiger partial charge in [0.1, 0.15) is 5.69 Å². The van der Waals surface area contributed by atoms with Gasteiger partial charge in [0.2, 0.25) is 0 Å². The van der Waals surface area contributed by atoms with Gasteiger partial charge in [-0.1, -0.05) is 0 Å². The van der Waals surface area contributed by atoms with E-state index in [1.54, 1.807) is 16.9 Å². The van der Waals surface area contributed by atoms with Gasteiger partial charge in [0.25, 0.3) is 5.91 Å². The quantitative estimate of drug-likeness (QED) is 0.792. The van der Waals surface area contributed by atoms with Crippen LogP contribution in [-0.2, 0) is 7.05 Å². The lowest BCUT2D eigenvalue weighted by atomic mass is 10.3. The SMILES string of the molecule is Cn1ccc(C(=O)N2CCCN(CCO)CC2)n1. The van der Waals surface area contributed by atoms with Crippen molar-refractivity contribution in [1.82, 2.24) is 19.6 Å². The Kier molecular flexibility index (Phi) is 4.33. The minimum atomic E-state index is 0.00134. The van der Waals surface area contributed by atoms with E-state index in [1.807, 2.05) is 11.9 Å². The standard InChI is InChI=1S/C12H20N4O2/c1-14-6-3-11(13-14)12(18)16-5-2-4-15(7-8-16)9-10-17/h3,6,17H,2,4-5,7-10H2,1H3. The number of aliphatic hydroxyl groups excluding tert-OH is 1. The van der Waals surface area contributed by atoms with E-state index in [1.165, 1.54) is 0 Å². The van der Waals surface area contributed by atoms with Crippen molar-refractivity contribution < 1.29 is 9.90 Å². The number of carbonyl (C=O) groups is 1. The summed E-state index contributed by atoms with van der Waals surface area (Å²) in [6.45, 7) is 4.08. The van der Waals surface area contributed by atoms with E-state index in [2.05, 4.69) is 10.00 Å². The number of hydrogen-bond donors (Lipinski definition) is 1. The highest BCUT2D eigenvalue weighted by molar-refractivity contribution is 5.92. The molecular formula is C12H20N4O2. The molecule has 1 aliphatic heterocycles. The van der Waals surface area contributed by atoms with Crippen molar-refractivity contribution in [3.8, 4) is 0 Å². The Labute approximate surface area is 107 Å². The van der Waals surface area contributed by atoms with E-state index in [4.69, 9.17) is 5.11 Å². The van der Waals surface area contributed by atoms with Crippen LogP contribution >= 0.6 is 0 Å². The highest BCUT2D eigenvalue weighted by atomic mass is 16.3. The minimum Gasteiger partial charge on any atom is -0.395 e. The van der Waals surface area contributed by atoms with Gasteiger partial charge in [-0.3, -0.25) is 14.4 Å². The summed E-state index contributed by atoms with van der Waals surface area (Å²) in [5, 5.41) is 13.1. The second-order valence-corrected chi connectivity index (χ2v) is 4.59. The van der Waals surface area contributed by atoms with Gasteiger partial charge in [-0.25, -0.2) is 0 Å². The molecule has 6 nitrogen and oxygen atoms in total. The lowest BCUT2D eigenvalue weighted by molar-refractivity contribution is 0.0754. The molecule has 18 heavy (non-hydrogen) atoms. The van der Waals surface area contributed by atoms with Gasteiger partial charge in [-0.15, -0.1) is 0 Å². The number of carbonyl (C=O) groups excluding carboxylic acids is 1. The highest BCUT2D eigenvalue weighted by Gasteiger charge is 2.21. The van der Waals surface area contributed by atoms with Gasteiger partial charge >= 0.3 is 0 Å². The fraction of sp³-hybridized carbons (Fsp3) is 0.667. The Morgan fingerprint density at radius 1 is 1.39 bits per heavy atom. The van der Waals surface area contributed by atoms with Crippen molar-refractivity contribution in [3.63, 3.8) is 0 Å². The number of nitrogens with zero attached hydrogens (tertiary/aromatic N) is 4. The molecule has 0 radical (unpaired) electrons. The monoisotopic (exact) mass is 252 g/mol. The largest absolute Gasteiger partial charge is 0.395 e. The topological polar surface area (TPSA) is 61.6 Å². The van der Waals surface area contributed by atoms with Crippen LogP contribution in [0.1, 0.15) is 16.9 Å². The minimum absolute atomic E-state index is 0.00134. The van der Waals surface area contributed by atoms with Crippen LogP contribution in [0.5, 0.6) is 0 Å². The zero-order valence-electron chi connectivity index (χ0n) is 10.7. The van der Waals surface area contributed by atoms with Crippen molar-refractivity contribution in [2.45, 2.75) is 6.42 Å². The van der Waals surface area contributed by atoms with Gasteiger partial charge in [0.05, 0.1) is 6.61 Å². The molecule has 0 saturated carbocycles. The predicted octanol–water partition coefficient (Wildman–Crippen LogP) is -0.440. The van der Waals surface area contributed by atoms with E-state index in [0.29, 0.717) is 18.8 Å². The third-order valence-corrected chi connectivity index (χ3v) is 3.22. The average molecular weight is 252 g/mol. The van der Waals surface area contributed by atoms with Crippen molar-refractivity contribution >= 4 is 5.91 Å². The summed E-state index contributed by atoms with van der Waals surface area (Å²) in [7, 11) is 1.81. The molecule has 0 spiro atoms. The molecule has 0 atom stereocenters. The van der Waals surface area contributed by atoms with Gasteiger partial charge in [0.15, 0.2) is 0 Å². The molecule has 0 bridgehead atoms. The fourth-order valence-electron chi connectivity index (χ4n) is 2.23. The Bertz CT molecular complexity index is 405. The van der Waals surface area contributed by atoms with Crippen LogP contribution in [0.15, 0.2) is 12.3 Å². The van der Waals surface area contributed by atoms with Crippen molar-refractivity contribution in [1.29, 1.82) is 0 Å². The molecule has 1 aliphatic rings. The average Bonchev–Trinajstić information content (AvgIpc) is 2.65. The number of β-amino-alcohol motifs (C(OH)–C–C–N with tert-alkyl or cyclic N) is 1. The van der Waals surface area contributed by atoms with Crippen LogP contribution in [0.25, 0.3) is 0 Å². The molecule has 0 aliphatic carbocycles. The number of aromatic nitrogens is 2. The Morgan fingerprint density at radius 2 is 2.22 bits per heavy atom. The second-order valence-electron chi connectivity index (χ2n) is 4.59. The number of hydrogen-bond acceptors (Lipinski definition) is 4. The van der Waals surface area contributed by atoms with Crippen LogP contribution in [0.4, 0.5) is 0 Å². The number of aliphatic hydroxyl groups is 1. The Morgan fingerprint density at radius 3 is 2.89 bits per heavy atom. The predicted molar refractivity (Wildman–Crippen MR) is 67.3 cm³/mol. The summed E-state index contributed by atoms with van der Waals surface area (Å²) in [4.78, 5) is 16.2. The first-order valence-electron chi connectivity index (χ1n) is 6.33. The van der Waals surface area contributed by atoms with Crippen LogP contribution in [-0.4, -0.2) is 69.9 Å². The van der Waals surface area contributed by atoms with Crippen LogP contribution in [0.3, 0.4) is 0 Å². The van der Waals surface area contributed by atoms with Crippen LogP contribution in [0, 0.1) is 0 Å². The summed E-state index contributed by atoms with van der Waals surface area (Å²) in [5.74, 6) is 0.00134. The van der Waals surface area contributed by atoms with E-state index in [-0.39, 0.29) is 12.5 Å². The first kappa shape index (κ1) is 13.0.